The summed E-state index contributed by atoms with van der Waals surface area (Å²) in [6.07, 6.45) is 6.24. The standard InChI is InChI=1S/C23H30N6O2/c1-5-30-14-16(3)29-13-19(10-26-29)31-23-22(24)25-11-21(27-23)17-8-15(2)20-6-7-28(4)12-18(20)9-17/h8-11,13,16H,5-7,12,14H2,1-4H3,(H2,24,25). The van der Waals surface area contributed by atoms with Gasteiger partial charge in [0, 0.05) is 25.3 Å². The van der Waals surface area contributed by atoms with E-state index in [0.717, 1.165) is 30.8 Å². The lowest BCUT2D eigenvalue weighted by atomic mass is 9.92. The van der Waals surface area contributed by atoms with Crippen molar-refractivity contribution < 1.29 is 9.47 Å². The first-order chi connectivity index (χ1) is 14.9. The van der Waals surface area contributed by atoms with Gasteiger partial charge >= 0.3 is 0 Å². The third kappa shape index (κ3) is 4.70. The number of nitrogens with zero attached hydrogens (tertiary/aromatic N) is 5. The van der Waals surface area contributed by atoms with Crippen molar-refractivity contribution in [1.82, 2.24) is 24.6 Å². The average molecular weight is 423 g/mol. The minimum atomic E-state index is 0.101. The molecule has 0 aliphatic carbocycles. The van der Waals surface area contributed by atoms with Crippen LogP contribution < -0.4 is 10.5 Å². The third-order valence-electron chi connectivity index (χ3n) is 5.62. The molecule has 1 aliphatic rings. The van der Waals surface area contributed by atoms with Gasteiger partial charge in [0.25, 0.3) is 5.88 Å². The summed E-state index contributed by atoms with van der Waals surface area (Å²) >= 11 is 0. The fraction of sp³-hybridized carbons (Fsp3) is 0.435. The molecular weight excluding hydrogens is 392 g/mol. The number of anilines is 1. The van der Waals surface area contributed by atoms with Crippen LogP contribution >= 0.6 is 0 Å². The maximum Gasteiger partial charge on any atom is 0.263 e. The van der Waals surface area contributed by atoms with Crippen molar-refractivity contribution in [1.29, 1.82) is 0 Å². The van der Waals surface area contributed by atoms with Crippen LogP contribution in [0.25, 0.3) is 11.3 Å². The van der Waals surface area contributed by atoms with E-state index in [1.807, 2.05) is 24.7 Å². The van der Waals surface area contributed by atoms with Gasteiger partial charge in [-0.3, -0.25) is 4.68 Å². The molecule has 1 aliphatic heterocycles. The summed E-state index contributed by atoms with van der Waals surface area (Å²) in [5, 5.41) is 4.36. The van der Waals surface area contributed by atoms with E-state index >= 15 is 0 Å². The Kier molecular flexibility index (Phi) is 6.20. The third-order valence-corrected chi connectivity index (χ3v) is 5.62. The van der Waals surface area contributed by atoms with E-state index in [4.69, 9.17) is 15.2 Å². The smallest absolute Gasteiger partial charge is 0.263 e. The summed E-state index contributed by atoms with van der Waals surface area (Å²) in [5.74, 6) is 1.08. The second kappa shape index (κ2) is 9.03. The molecule has 0 saturated carbocycles. The van der Waals surface area contributed by atoms with Crippen LogP contribution in [0.3, 0.4) is 0 Å². The number of hydrogen-bond donors (Lipinski definition) is 1. The zero-order chi connectivity index (χ0) is 22.0. The van der Waals surface area contributed by atoms with Crippen LogP contribution in [-0.2, 0) is 17.7 Å². The van der Waals surface area contributed by atoms with Gasteiger partial charge in [-0.2, -0.15) is 5.10 Å². The van der Waals surface area contributed by atoms with Crippen LogP contribution in [-0.4, -0.2) is 51.5 Å². The maximum atomic E-state index is 6.05. The first kappa shape index (κ1) is 21.3. The number of likely N-dealkylation sites (N-methyl/N-ethyl adjacent to an activating group) is 1. The number of aromatic nitrogens is 4. The SMILES string of the molecule is CCOCC(C)n1cc(Oc2nc(-c3cc(C)c4c(c3)CN(C)CC4)cnc2N)cn1. The molecule has 0 radical (unpaired) electrons. The Morgan fingerprint density at radius 2 is 2.10 bits per heavy atom. The molecule has 1 aromatic carbocycles. The molecular formula is C23H30N6O2. The predicted octanol–water partition coefficient (Wildman–Crippen LogP) is 3.61. The summed E-state index contributed by atoms with van der Waals surface area (Å²) in [4.78, 5) is 11.3. The summed E-state index contributed by atoms with van der Waals surface area (Å²) in [6.45, 7) is 9.46. The van der Waals surface area contributed by atoms with E-state index in [1.54, 1.807) is 12.4 Å². The zero-order valence-corrected chi connectivity index (χ0v) is 18.6. The van der Waals surface area contributed by atoms with Gasteiger partial charge in [0.15, 0.2) is 11.6 Å². The van der Waals surface area contributed by atoms with E-state index < -0.39 is 0 Å². The molecule has 0 fully saturated rings. The topological polar surface area (TPSA) is 91.3 Å². The van der Waals surface area contributed by atoms with E-state index in [0.29, 0.717) is 19.0 Å². The fourth-order valence-corrected chi connectivity index (χ4v) is 3.90. The molecule has 1 atom stereocenters. The van der Waals surface area contributed by atoms with Gasteiger partial charge in [-0.1, -0.05) is 0 Å². The van der Waals surface area contributed by atoms with Crippen LogP contribution in [0, 0.1) is 6.92 Å². The Morgan fingerprint density at radius 1 is 1.26 bits per heavy atom. The maximum absolute atomic E-state index is 6.05. The van der Waals surface area contributed by atoms with Crippen molar-refractivity contribution >= 4 is 5.82 Å². The van der Waals surface area contributed by atoms with Gasteiger partial charge < -0.3 is 20.1 Å². The predicted molar refractivity (Wildman–Crippen MR) is 120 cm³/mol. The molecule has 2 N–H and O–H groups in total. The Morgan fingerprint density at radius 3 is 2.90 bits per heavy atom. The quantitative estimate of drug-likeness (QED) is 0.622. The van der Waals surface area contributed by atoms with Crippen molar-refractivity contribution in [3.63, 3.8) is 0 Å². The van der Waals surface area contributed by atoms with Gasteiger partial charge in [0.05, 0.1) is 36.9 Å². The number of fused-ring (bicyclic) bond motifs is 1. The summed E-state index contributed by atoms with van der Waals surface area (Å²) in [6, 6.07) is 4.47. The number of nitrogens with two attached hydrogens (primary N) is 1. The molecule has 0 bridgehead atoms. The van der Waals surface area contributed by atoms with Gasteiger partial charge in [0.2, 0.25) is 0 Å². The molecule has 31 heavy (non-hydrogen) atoms. The van der Waals surface area contributed by atoms with Crippen LogP contribution in [0.5, 0.6) is 11.6 Å². The van der Waals surface area contributed by atoms with Crippen molar-refractivity contribution in [2.75, 3.05) is 32.5 Å². The van der Waals surface area contributed by atoms with Gasteiger partial charge in [-0.15, -0.1) is 0 Å². The molecule has 0 spiro atoms. The number of hydrogen-bond acceptors (Lipinski definition) is 7. The summed E-state index contributed by atoms with van der Waals surface area (Å²) in [7, 11) is 2.15. The van der Waals surface area contributed by atoms with Crippen LogP contribution in [0.1, 0.15) is 36.6 Å². The van der Waals surface area contributed by atoms with Gasteiger partial charge in [0.1, 0.15) is 0 Å². The lowest BCUT2D eigenvalue weighted by Crippen LogP contribution is -2.27. The van der Waals surface area contributed by atoms with Crippen molar-refractivity contribution in [3.8, 4) is 22.9 Å². The lowest BCUT2D eigenvalue weighted by molar-refractivity contribution is 0.115. The molecule has 0 amide bonds. The monoisotopic (exact) mass is 422 g/mol. The molecule has 2 aromatic heterocycles. The van der Waals surface area contributed by atoms with Crippen molar-refractivity contribution in [2.45, 2.75) is 39.8 Å². The van der Waals surface area contributed by atoms with Crippen molar-refractivity contribution in [3.05, 3.63) is 47.4 Å². The first-order valence-electron chi connectivity index (χ1n) is 10.7. The molecule has 3 aromatic rings. The Bertz CT molecular complexity index is 1060. The minimum absolute atomic E-state index is 0.101. The zero-order valence-electron chi connectivity index (χ0n) is 18.6. The van der Waals surface area contributed by atoms with E-state index in [1.165, 1.54) is 16.7 Å². The van der Waals surface area contributed by atoms with Gasteiger partial charge in [-0.25, -0.2) is 9.97 Å². The van der Waals surface area contributed by atoms with E-state index in [-0.39, 0.29) is 17.7 Å². The molecule has 3 heterocycles. The molecule has 4 rings (SSSR count). The Balaban J connectivity index is 1.58. The Hall–Kier alpha value is -2.97. The highest BCUT2D eigenvalue weighted by atomic mass is 16.5. The summed E-state index contributed by atoms with van der Waals surface area (Å²) in [5.41, 5.74) is 11.9. The second-order valence-corrected chi connectivity index (χ2v) is 8.13. The molecule has 8 nitrogen and oxygen atoms in total. The van der Waals surface area contributed by atoms with Crippen LogP contribution in [0.15, 0.2) is 30.7 Å². The van der Waals surface area contributed by atoms with Gasteiger partial charge in [-0.05, 0) is 63.1 Å². The average Bonchev–Trinajstić information content (AvgIpc) is 3.22. The van der Waals surface area contributed by atoms with E-state index in [9.17, 15) is 0 Å². The highest BCUT2D eigenvalue weighted by Gasteiger charge is 2.18. The Labute approximate surface area is 183 Å². The lowest BCUT2D eigenvalue weighted by Gasteiger charge is -2.27. The number of benzene rings is 1. The molecule has 1 unspecified atom stereocenters. The number of ether oxygens (including phenoxy) is 2. The highest BCUT2D eigenvalue weighted by molar-refractivity contribution is 5.64. The van der Waals surface area contributed by atoms with Crippen LogP contribution in [0.2, 0.25) is 0 Å². The fourth-order valence-electron chi connectivity index (χ4n) is 3.90. The number of aryl methyl sites for hydroxylation is 1. The largest absolute Gasteiger partial charge is 0.433 e. The molecule has 164 valence electrons. The number of nitrogen functional groups attached to an aromatic ring is 1. The molecule has 0 saturated heterocycles. The van der Waals surface area contributed by atoms with Crippen molar-refractivity contribution in [2.24, 2.45) is 0 Å². The first-order valence-corrected chi connectivity index (χ1v) is 10.7. The highest BCUT2D eigenvalue weighted by Crippen LogP contribution is 2.31. The minimum Gasteiger partial charge on any atom is -0.433 e. The number of rotatable bonds is 7. The van der Waals surface area contributed by atoms with E-state index in [2.05, 4.69) is 46.1 Å². The normalized spacial score (nSPS) is 15.0. The second-order valence-electron chi connectivity index (χ2n) is 8.13. The summed E-state index contributed by atoms with van der Waals surface area (Å²) < 4.78 is 13.2. The molecule has 8 heteroatoms. The van der Waals surface area contributed by atoms with Crippen LogP contribution in [0.4, 0.5) is 5.82 Å².